The molecule has 0 radical (unpaired) electrons. The molecule has 0 spiro atoms. The summed E-state index contributed by atoms with van der Waals surface area (Å²) in [5.41, 5.74) is 1.32. The van der Waals surface area contributed by atoms with Gasteiger partial charge in [0.15, 0.2) is 0 Å². The van der Waals surface area contributed by atoms with E-state index in [4.69, 9.17) is 4.74 Å². The SMILES string of the molecule is CC(CCCN(CCC(C)(C)C)C(=O)O)OCc1ccccc1. The molecule has 0 aliphatic carbocycles. The van der Waals surface area contributed by atoms with Gasteiger partial charge in [-0.25, -0.2) is 4.79 Å². The number of carbonyl (C=O) groups is 1. The van der Waals surface area contributed by atoms with Crippen molar-refractivity contribution in [2.24, 2.45) is 5.41 Å². The van der Waals surface area contributed by atoms with Gasteiger partial charge >= 0.3 is 6.09 Å². The lowest BCUT2D eigenvalue weighted by Crippen LogP contribution is -2.33. The van der Waals surface area contributed by atoms with Crippen LogP contribution in [0.4, 0.5) is 4.79 Å². The maximum atomic E-state index is 11.3. The van der Waals surface area contributed by atoms with Crippen LogP contribution in [0.15, 0.2) is 30.3 Å². The predicted molar refractivity (Wildman–Crippen MR) is 93.6 cm³/mol. The van der Waals surface area contributed by atoms with Gasteiger partial charge in [-0.05, 0) is 37.2 Å². The second-order valence-corrected chi connectivity index (χ2v) is 7.33. The molecule has 1 aromatic carbocycles. The van der Waals surface area contributed by atoms with E-state index in [0.29, 0.717) is 19.7 Å². The van der Waals surface area contributed by atoms with Gasteiger partial charge in [-0.3, -0.25) is 0 Å². The zero-order chi connectivity index (χ0) is 17.3. The Morgan fingerprint density at radius 3 is 2.43 bits per heavy atom. The van der Waals surface area contributed by atoms with Gasteiger partial charge in [-0.1, -0.05) is 51.1 Å². The lowest BCUT2D eigenvalue weighted by Gasteiger charge is -2.25. The number of amides is 1. The van der Waals surface area contributed by atoms with E-state index < -0.39 is 6.09 Å². The second kappa shape index (κ2) is 9.56. The number of ether oxygens (including phenoxy) is 1. The third-order valence-corrected chi connectivity index (χ3v) is 3.82. The first-order valence-electron chi connectivity index (χ1n) is 8.41. The molecular weight excluding hydrogens is 290 g/mol. The van der Waals surface area contributed by atoms with E-state index in [-0.39, 0.29) is 11.5 Å². The minimum atomic E-state index is -0.827. The fourth-order valence-electron chi connectivity index (χ4n) is 2.24. The first kappa shape index (κ1) is 19.5. The van der Waals surface area contributed by atoms with E-state index in [1.807, 2.05) is 37.3 Å². The second-order valence-electron chi connectivity index (χ2n) is 7.33. The molecule has 0 aliphatic rings. The van der Waals surface area contributed by atoms with Crippen LogP contribution in [0.5, 0.6) is 0 Å². The van der Waals surface area contributed by atoms with Crippen molar-refractivity contribution in [2.75, 3.05) is 13.1 Å². The van der Waals surface area contributed by atoms with Gasteiger partial charge in [-0.15, -0.1) is 0 Å². The van der Waals surface area contributed by atoms with Gasteiger partial charge in [0.25, 0.3) is 0 Å². The van der Waals surface area contributed by atoms with Crippen LogP contribution in [-0.4, -0.2) is 35.3 Å². The average Bonchev–Trinajstić information content (AvgIpc) is 2.48. The zero-order valence-electron chi connectivity index (χ0n) is 14.9. The van der Waals surface area contributed by atoms with Crippen molar-refractivity contribution in [2.45, 2.75) is 59.7 Å². The molecule has 0 fully saturated rings. The van der Waals surface area contributed by atoms with Crippen LogP contribution in [0, 0.1) is 5.41 Å². The van der Waals surface area contributed by atoms with Gasteiger partial charge < -0.3 is 14.7 Å². The number of hydrogen-bond donors (Lipinski definition) is 1. The van der Waals surface area contributed by atoms with Crippen molar-refractivity contribution < 1.29 is 14.6 Å². The minimum absolute atomic E-state index is 0.133. The maximum absolute atomic E-state index is 11.3. The standard InChI is InChI=1S/C19H31NO3/c1-16(23-15-17-10-6-5-7-11-17)9-8-13-20(18(21)22)14-12-19(2,3)4/h5-7,10-11,16H,8-9,12-15H2,1-4H3,(H,21,22). The largest absolute Gasteiger partial charge is 0.465 e. The van der Waals surface area contributed by atoms with E-state index in [9.17, 15) is 9.90 Å². The van der Waals surface area contributed by atoms with Gasteiger partial charge in [0.2, 0.25) is 0 Å². The number of hydrogen-bond acceptors (Lipinski definition) is 2. The van der Waals surface area contributed by atoms with E-state index >= 15 is 0 Å². The highest BCUT2D eigenvalue weighted by atomic mass is 16.5. The van der Waals surface area contributed by atoms with E-state index in [2.05, 4.69) is 20.8 Å². The lowest BCUT2D eigenvalue weighted by atomic mass is 9.92. The normalized spacial score (nSPS) is 12.9. The van der Waals surface area contributed by atoms with E-state index in [1.54, 1.807) is 0 Å². The lowest BCUT2D eigenvalue weighted by molar-refractivity contribution is 0.0440. The third-order valence-electron chi connectivity index (χ3n) is 3.82. The van der Waals surface area contributed by atoms with Crippen LogP contribution >= 0.6 is 0 Å². The van der Waals surface area contributed by atoms with E-state index in [0.717, 1.165) is 24.8 Å². The molecule has 1 amide bonds. The highest BCUT2D eigenvalue weighted by molar-refractivity contribution is 5.64. The Morgan fingerprint density at radius 1 is 1.22 bits per heavy atom. The molecule has 0 saturated heterocycles. The first-order chi connectivity index (χ1) is 10.8. The molecule has 1 N–H and O–H groups in total. The van der Waals surface area contributed by atoms with Crippen LogP contribution in [0.1, 0.15) is 52.5 Å². The molecule has 1 aromatic rings. The molecule has 0 bridgehead atoms. The van der Waals surface area contributed by atoms with Crippen LogP contribution in [0.3, 0.4) is 0 Å². The molecule has 1 unspecified atom stereocenters. The Morgan fingerprint density at radius 2 is 1.87 bits per heavy atom. The molecule has 0 saturated carbocycles. The van der Waals surface area contributed by atoms with Gasteiger partial charge in [-0.2, -0.15) is 0 Å². The van der Waals surface area contributed by atoms with Gasteiger partial charge in [0, 0.05) is 13.1 Å². The molecule has 0 aliphatic heterocycles. The highest BCUT2D eigenvalue weighted by Crippen LogP contribution is 2.19. The number of carboxylic acid groups (broad SMARTS) is 1. The Kier molecular flexibility index (Phi) is 8.10. The topological polar surface area (TPSA) is 49.8 Å². The number of benzene rings is 1. The minimum Gasteiger partial charge on any atom is -0.465 e. The fourth-order valence-corrected chi connectivity index (χ4v) is 2.24. The first-order valence-corrected chi connectivity index (χ1v) is 8.41. The van der Waals surface area contributed by atoms with Crippen molar-refractivity contribution in [3.8, 4) is 0 Å². The molecular formula is C19H31NO3. The summed E-state index contributed by atoms with van der Waals surface area (Å²) in [4.78, 5) is 12.8. The van der Waals surface area contributed by atoms with Crippen molar-refractivity contribution >= 4 is 6.09 Å². The van der Waals surface area contributed by atoms with Crippen molar-refractivity contribution in [1.82, 2.24) is 4.90 Å². The van der Waals surface area contributed by atoms with Gasteiger partial charge in [0.1, 0.15) is 0 Å². The quantitative estimate of drug-likeness (QED) is 0.711. The molecule has 1 rings (SSSR count). The van der Waals surface area contributed by atoms with Crippen molar-refractivity contribution in [3.05, 3.63) is 35.9 Å². The molecule has 130 valence electrons. The van der Waals surface area contributed by atoms with E-state index in [1.165, 1.54) is 4.90 Å². The summed E-state index contributed by atoms with van der Waals surface area (Å²) < 4.78 is 5.82. The molecule has 0 heterocycles. The monoisotopic (exact) mass is 321 g/mol. The van der Waals surface area contributed by atoms with Crippen LogP contribution in [0.25, 0.3) is 0 Å². The smallest absolute Gasteiger partial charge is 0.407 e. The average molecular weight is 321 g/mol. The predicted octanol–water partition coefficient (Wildman–Crippen LogP) is 4.79. The summed E-state index contributed by atoms with van der Waals surface area (Å²) in [7, 11) is 0. The Hall–Kier alpha value is -1.55. The maximum Gasteiger partial charge on any atom is 0.407 e. The summed E-state index contributed by atoms with van der Waals surface area (Å²) in [6, 6.07) is 10.1. The van der Waals surface area contributed by atoms with Crippen molar-refractivity contribution in [1.29, 1.82) is 0 Å². The summed E-state index contributed by atoms with van der Waals surface area (Å²) >= 11 is 0. The number of nitrogens with zero attached hydrogens (tertiary/aromatic N) is 1. The zero-order valence-corrected chi connectivity index (χ0v) is 14.9. The fraction of sp³-hybridized carbons (Fsp3) is 0.632. The van der Waals surface area contributed by atoms with Crippen LogP contribution in [-0.2, 0) is 11.3 Å². The molecule has 4 nitrogen and oxygen atoms in total. The molecule has 0 aromatic heterocycles. The summed E-state index contributed by atoms with van der Waals surface area (Å²) in [5.74, 6) is 0. The van der Waals surface area contributed by atoms with Crippen molar-refractivity contribution in [3.63, 3.8) is 0 Å². The highest BCUT2D eigenvalue weighted by Gasteiger charge is 2.17. The summed E-state index contributed by atoms with van der Waals surface area (Å²) in [6.07, 6.45) is 1.87. The molecule has 1 atom stereocenters. The number of rotatable bonds is 9. The van der Waals surface area contributed by atoms with Gasteiger partial charge in [0.05, 0.1) is 12.7 Å². The Balaban J connectivity index is 2.25. The Labute approximate surface area is 140 Å². The molecule has 4 heteroatoms. The Bertz CT molecular complexity index is 453. The third kappa shape index (κ3) is 9.24. The van der Waals surface area contributed by atoms with Crippen LogP contribution in [0.2, 0.25) is 0 Å². The molecule has 23 heavy (non-hydrogen) atoms. The van der Waals surface area contributed by atoms with Crippen LogP contribution < -0.4 is 0 Å². The summed E-state index contributed by atoms with van der Waals surface area (Å²) in [6.45, 7) is 10.2. The summed E-state index contributed by atoms with van der Waals surface area (Å²) in [5, 5.41) is 9.28.